The Morgan fingerprint density at radius 1 is 1.29 bits per heavy atom. The molecule has 0 saturated heterocycles. The Hall–Kier alpha value is -1.42. The minimum atomic E-state index is 0.770. The van der Waals surface area contributed by atoms with Crippen LogP contribution in [0.25, 0.3) is 10.6 Å². The maximum atomic E-state index is 4.21. The maximum Gasteiger partial charge on any atom is 0.205 e. The van der Waals surface area contributed by atoms with Gasteiger partial charge in [-0.1, -0.05) is 36.0 Å². The molecule has 1 saturated carbocycles. The largest absolute Gasteiger partial charge is 0.363 e. The smallest absolute Gasteiger partial charge is 0.205 e. The van der Waals surface area contributed by atoms with Crippen LogP contribution in [0.15, 0.2) is 24.3 Å². The summed E-state index contributed by atoms with van der Waals surface area (Å²) >= 11 is 1.60. The molecule has 0 unspecified atom stereocenters. The van der Waals surface area contributed by atoms with Crippen molar-refractivity contribution in [3.63, 3.8) is 0 Å². The van der Waals surface area contributed by atoms with E-state index in [9.17, 15) is 0 Å². The van der Waals surface area contributed by atoms with E-state index in [0.717, 1.165) is 16.1 Å². The summed E-state index contributed by atoms with van der Waals surface area (Å²) in [5.41, 5.74) is 2.64. The standard InChI is InChI=1S/C13H15N3S/c1-14-13-16-15-12(17-13)11-7-3-6-10(8-11)9-4-2-5-9/h3,6-9H,2,4-5H2,1H3,(H,14,16). The topological polar surface area (TPSA) is 37.8 Å². The first kappa shape index (κ1) is 10.7. The minimum Gasteiger partial charge on any atom is -0.363 e. The van der Waals surface area contributed by atoms with E-state index in [1.54, 1.807) is 11.3 Å². The highest BCUT2D eigenvalue weighted by Crippen LogP contribution is 2.38. The summed E-state index contributed by atoms with van der Waals surface area (Å²) < 4.78 is 0. The van der Waals surface area contributed by atoms with Crippen molar-refractivity contribution in [1.29, 1.82) is 0 Å². The molecule has 0 aliphatic heterocycles. The first-order valence-electron chi connectivity index (χ1n) is 5.98. The van der Waals surface area contributed by atoms with Gasteiger partial charge in [-0.3, -0.25) is 0 Å². The lowest BCUT2D eigenvalue weighted by Crippen LogP contribution is -2.08. The molecule has 1 aliphatic rings. The van der Waals surface area contributed by atoms with Crippen LogP contribution in [0, 0.1) is 0 Å². The average molecular weight is 245 g/mol. The summed E-state index contributed by atoms with van der Waals surface area (Å²) in [6.45, 7) is 0. The molecule has 1 fully saturated rings. The predicted octanol–water partition coefficient (Wildman–Crippen LogP) is 3.51. The van der Waals surface area contributed by atoms with Gasteiger partial charge in [0.05, 0.1) is 0 Å². The van der Waals surface area contributed by atoms with E-state index in [4.69, 9.17) is 0 Å². The molecule has 0 spiro atoms. The van der Waals surface area contributed by atoms with Crippen LogP contribution in [0.4, 0.5) is 5.13 Å². The first-order chi connectivity index (χ1) is 8.36. The van der Waals surface area contributed by atoms with Crippen molar-refractivity contribution < 1.29 is 0 Å². The second-order valence-electron chi connectivity index (χ2n) is 4.42. The average Bonchev–Trinajstić information content (AvgIpc) is 2.75. The summed E-state index contributed by atoms with van der Waals surface area (Å²) in [7, 11) is 1.87. The predicted molar refractivity (Wildman–Crippen MR) is 71.5 cm³/mol. The van der Waals surface area contributed by atoms with Crippen LogP contribution >= 0.6 is 11.3 Å². The molecule has 1 aliphatic carbocycles. The normalized spacial score (nSPS) is 15.6. The van der Waals surface area contributed by atoms with Gasteiger partial charge >= 0.3 is 0 Å². The monoisotopic (exact) mass is 245 g/mol. The maximum absolute atomic E-state index is 4.21. The van der Waals surface area contributed by atoms with Gasteiger partial charge in [0.25, 0.3) is 0 Å². The van der Waals surface area contributed by atoms with Crippen molar-refractivity contribution in [3.8, 4) is 10.6 Å². The summed E-state index contributed by atoms with van der Waals surface area (Å²) in [6.07, 6.45) is 4.04. The third-order valence-corrected chi connectivity index (χ3v) is 4.34. The fraction of sp³-hybridized carbons (Fsp3) is 0.385. The van der Waals surface area contributed by atoms with E-state index in [1.165, 1.54) is 30.4 Å². The highest BCUT2D eigenvalue weighted by Gasteiger charge is 2.19. The zero-order valence-electron chi connectivity index (χ0n) is 9.81. The molecule has 4 heteroatoms. The number of rotatable bonds is 3. The molecule has 2 aromatic rings. The van der Waals surface area contributed by atoms with E-state index in [2.05, 4.69) is 39.8 Å². The second kappa shape index (κ2) is 4.45. The Morgan fingerprint density at radius 3 is 2.82 bits per heavy atom. The second-order valence-corrected chi connectivity index (χ2v) is 5.39. The van der Waals surface area contributed by atoms with Gasteiger partial charge in [-0.15, -0.1) is 10.2 Å². The van der Waals surface area contributed by atoms with Gasteiger partial charge in [0.2, 0.25) is 5.13 Å². The number of hydrogen-bond donors (Lipinski definition) is 1. The molecule has 0 radical (unpaired) electrons. The number of anilines is 1. The number of aromatic nitrogens is 2. The van der Waals surface area contributed by atoms with Gasteiger partial charge in [0.15, 0.2) is 0 Å². The van der Waals surface area contributed by atoms with Crippen molar-refractivity contribution in [3.05, 3.63) is 29.8 Å². The molecule has 3 nitrogen and oxygen atoms in total. The van der Waals surface area contributed by atoms with E-state index >= 15 is 0 Å². The molecule has 0 amide bonds. The fourth-order valence-corrected chi connectivity index (χ4v) is 2.80. The number of nitrogens with zero attached hydrogens (tertiary/aromatic N) is 2. The number of nitrogens with one attached hydrogen (secondary N) is 1. The van der Waals surface area contributed by atoms with Gasteiger partial charge in [-0.2, -0.15) is 0 Å². The molecule has 0 atom stereocenters. The molecular formula is C13H15N3S. The summed E-state index contributed by atoms with van der Waals surface area (Å²) in [5, 5.41) is 13.2. The lowest BCUT2D eigenvalue weighted by Gasteiger charge is -2.25. The van der Waals surface area contributed by atoms with E-state index in [0.29, 0.717) is 0 Å². The Balaban J connectivity index is 1.91. The van der Waals surface area contributed by atoms with Crippen LogP contribution in [0.1, 0.15) is 30.7 Å². The van der Waals surface area contributed by atoms with Crippen LogP contribution in [0.2, 0.25) is 0 Å². The Labute approximate surface area is 105 Å². The third-order valence-electron chi connectivity index (χ3n) is 3.35. The van der Waals surface area contributed by atoms with Crippen molar-refractivity contribution in [2.24, 2.45) is 0 Å². The van der Waals surface area contributed by atoms with Gasteiger partial charge in [0.1, 0.15) is 5.01 Å². The van der Waals surface area contributed by atoms with Gasteiger partial charge in [0, 0.05) is 12.6 Å². The molecule has 88 valence electrons. The zero-order valence-corrected chi connectivity index (χ0v) is 10.6. The molecule has 1 aromatic heterocycles. The van der Waals surface area contributed by atoms with Crippen LogP contribution < -0.4 is 5.32 Å². The molecular weight excluding hydrogens is 230 g/mol. The van der Waals surface area contributed by atoms with Crippen molar-refractivity contribution in [2.45, 2.75) is 25.2 Å². The quantitative estimate of drug-likeness (QED) is 0.899. The van der Waals surface area contributed by atoms with Crippen LogP contribution in [0.5, 0.6) is 0 Å². The van der Waals surface area contributed by atoms with E-state index in [1.807, 2.05) is 7.05 Å². The minimum absolute atomic E-state index is 0.770. The highest BCUT2D eigenvalue weighted by atomic mass is 32.1. The van der Waals surface area contributed by atoms with Gasteiger partial charge < -0.3 is 5.32 Å². The van der Waals surface area contributed by atoms with Gasteiger partial charge in [-0.05, 0) is 30.4 Å². The van der Waals surface area contributed by atoms with E-state index in [-0.39, 0.29) is 0 Å². The van der Waals surface area contributed by atoms with Crippen LogP contribution in [-0.2, 0) is 0 Å². The molecule has 1 heterocycles. The Kier molecular flexibility index (Phi) is 2.81. The third kappa shape index (κ3) is 2.05. The summed E-state index contributed by atoms with van der Waals surface area (Å²) in [5.74, 6) is 0.770. The van der Waals surface area contributed by atoms with Gasteiger partial charge in [-0.25, -0.2) is 0 Å². The van der Waals surface area contributed by atoms with Crippen molar-refractivity contribution in [1.82, 2.24) is 10.2 Å². The number of hydrogen-bond acceptors (Lipinski definition) is 4. The van der Waals surface area contributed by atoms with Crippen molar-refractivity contribution in [2.75, 3.05) is 12.4 Å². The van der Waals surface area contributed by atoms with Crippen LogP contribution in [0.3, 0.4) is 0 Å². The van der Waals surface area contributed by atoms with Crippen molar-refractivity contribution >= 4 is 16.5 Å². The molecule has 3 rings (SSSR count). The lowest BCUT2D eigenvalue weighted by molar-refractivity contribution is 0.420. The highest BCUT2D eigenvalue weighted by molar-refractivity contribution is 7.18. The molecule has 1 N–H and O–H groups in total. The first-order valence-corrected chi connectivity index (χ1v) is 6.80. The SMILES string of the molecule is CNc1nnc(-c2cccc(C3CCC3)c2)s1. The molecule has 17 heavy (non-hydrogen) atoms. The molecule has 1 aromatic carbocycles. The summed E-state index contributed by atoms with van der Waals surface area (Å²) in [6, 6.07) is 8.74. The zero-order chi connectivity index (χ0) is 11.7. The Morgan fingerprint density at radius 2 is 2.18 bits per heavy atom. The summed E-state index contributed by atoms with van der Waals surface area (Å²) in [4.78, 5) is 0. The number of benzene rings is 1. The lowest BCUT2D eigenvalue weighted by atomic mass is 9.80. The van der Waals surface area contributed by atoms with E-state index < -0.39 is 0 Å². The Bertz CT molecular complexity index is 517. The molecule has 0 bridgehead atoms. The fourth-order valence-electron chi connectivity index (χ4n) is 2.11. The van der Waals surface area contributed by atoms with Crippen LogP contribution in [-0.4, -0.2) is 17.2 Å².